The van der Waals surface area contributed by atoms with Crippen LogP contribution in [-0.2, 0) is 11.0 Å². The summed E-state index contributed by atoms with van der Waals surface area (Å²) in [5.74, 6) is -0.204. The number of rotatable bonds is 5. The average molecular weight is 369 g/mol. The van der Waals surface area contributed by atoms with E-state index in [2.05, 4.69) is 15.3 Å². The van der Waals surface area contributed by atoms with E-state index in [1.165, 1.54) is 17.8 Å². The van der Waals surface area contributed by atoms with Gasteiger partial charge in [-0.1, -0.05) is 23.9 Å². The molecule has 4 nitrogen and oxygen atoms in total. The standard InChI is InChI=1S/C17H18F3N3OS/c1-10-7-11(2)22-16(21-10)25-9-15(24)23-12(3)13-5-4-6-14(8-13)17(18,19)20/h4-8,12H,9H2,1-3H3,(H,23,24). The van der Waals surface area contributed by atoms with Crippen molar-refractivity contribution in [2.45, 2.75) is 38.1 Å². The van der Waals surface area contributed by atoms with E-state index >= 15 is 0 Å². The van der Waals surface area contributed by atoms with E-state index in [1.54, 1.807) is 13.0 Å². The molecule has 134 valence electrons. The van der Waals surface area contributed by atoms with Crippen molar-refractivity contribution < 1.29 is 18.0 Å². The lowest BCUT2D eigenvalue weighted by atomic mass is 10.0. The number of nitrogens with one attached hydrogen (secondary N) is 1. The van der Waals surface area contributed by atoms with Crippen molar-refractivity contribution in [3.63, 3.8) is 0 Å². The monoisotopic (exact) mass is 369 g/mol. The molecule has 1 heterocycles. The summed E-state index contributed by atoms with van der Waals surface area (Å²) in [5, 5.41) is 3.19. The third-order valence-corrected chi connectivity index (χ3v) is 4.23. The molecule has 1 aromatic heterocycles. The Morgan fingerprint density at radius 3 is 2.44 bits per heavy atom. The van der Waals surface area contributed by atoms with Crippen LogP contribution in [0.4, 0.5) is 13.2 Å². The summed E-state index contributed by atoms with van der Waals surface area (Å²) >= 11 is 1.19. The van der Waals surface area contributed by atoms with Gasteiger partial charge in [-0.15, -0.1) is 0 Å². The van der Waals surface area contributed by atoms with Gasteiger partial charge in [-0.05, 0) is 44.5 Å². The van der Waals surface area contributed by atoms with Gasteiger partial charge in [-0.3, -0.25) is 4.79 Å². The van der Waals surface area contributed by atoms with Crippen LogP contribution in [0.3, 0.4) is 0 Å². The number of benzene rings is 1. The van der Waals surface area contributed by atoms with E-state index in [-0.39, 0.29) is 11.7 Å². The fourth-order valence-corrected chi connectivity index (χ4v) is 3.00. The van der Waals surface area contributed by atoms with Crippen molar-refractivity contribution in [2.75, 3.05) is 5.75 Å². The summed E-state index contributed by atoms with van der Waals surface area (Å²) in [4.78, 5) is 20.5. The first-order valence-corrected chi connectivity index (χ1v) is 8.55. The van der Waals surface area contributed by atoms with Crippen LogP contribution in [0, 0.1) is 13.8 Å². The maximum atomic E-state index is 12.8. The summed E-state index contributed by atoms with van der Waals surface area (Å²) in [5.41, 5.74) is 1.29. The molecule has 0 spiro atoms. The van der Waals surface area contributed by atoms with Crippen LogP contribution in [0.15, 0.2) is 35.5 Å². The Hall–Kier alpha value is -2.09. The lowest BCUT2D eigenvalue weighted by Crippen LogP contribution is -2.28. The van der Waals surface area contributed by atoms with Crippen molar-refractivity contribution in [3.05, 3.63) is 52.8 Å². The minimum atomic E-state index is -4.41. The third-order valence-electron chi connectivity index (χ3n) is 3.39. The molecule has 0 fully saturated rings. The highest BCUT2D eigenvalue weighted by atomic mass is 32.2. The molecule has 1 unspecified atom stereocenters. The van der Waals surface area contributed by atoms with Crippen LogP contribution in [0.2, 0.25) is 0 Å². The fourth-order valence-electron chi connectivity index (χ4n) is 2.24. The number of thioether (sulfide) groups is 1. The van der Waals surface area contributed by atoms with Gasteiger partial charge in [-0.25, -0.2) is 9.97 Å². The molecular formula is C17H18F3N3OS. The predicted molar refractivity (Wildman–Crippen MR) is 90.2 cm³/mol. The molecule has 1 aromatic carbocycles. The van der Waals surface area contributed by atoms with E-state index in [1.807, 2.05) is 19.9 Å². The zero-order valence-electron chi connectivity index (χ0n) is 14.0. The van der Waals surface area contributed by atoms with Gasteiger partial charge in [0.05, 0.1) is 17.4 Å². The van der Waals surface area contributed by atoms with Crippen molar-refractivity contribution in [2.24, 2.45) is 0 Å². The fraction of sp³-hybridized carbons (Fsp3) is 0.353. The molecule has 25 heavy (non-hydrogen) atoms. The number of nitrogens with zero attached hydrogens (tertiary/aromatic N) is 2. The molecule has 0 saturated heterocycles. The Balaban J connectivity index is 1.96. The van der Waals surface area contributed by atoms with Crippen LogP contribution < -0.4 is 5.32 Å². The maximum Gasteiger partial charge on any atom is 0.416 e. The molecule has 0 saturated carbocycles. The van der Waals surface area contributed by atoms with Crippen LogP contribution in [-0.4, -0.2) is 21.6 Å². The number of hydrogen-bond donors (Lipinski definition) is 1. The molecule has 1 amide bonds. The van der Waals surface area contributed by atoms with E-state index in [0.29, 0.717) is 10.7 Å². The smallest absolute Gasteiger partial charge is 0.349 e. The molecule has 0 aliphatic rings. The Morgan fingerprint density at radius 1 is 1.20 bits per heavy atom. The molecule has 1 N–H and O–H groups in total. The average Bonchev–Trinajstić information content (AvgIpc) is 2.51. The highest BCUT2D eigenvalue weighted by molar-refractivity contribution is 7.99. The number of aromatic nitrogens is 2. The van der Waals surface area contributed by atoms with Gasteiger partial charge in [0, 0.05) is 11.4 Å². The zero-order valence-corrected chi connectivity index (χ0v) is 14.8. The Labute approximate surface area is 148 Å². The largest absolute Gasteiger partial charge is 0.416 e. The topological polar surface area (TPSA) is 54.9 Å². The van der Waals surface area contributed by atoms with Gasteiger partial charge in [0.15, 0.2) is 5.16 Å². The molecule has 0 aliphatic heterocycles. The minimum Gasteiger partial charge on any atom is -0.349 e. The van der Waals surface area contributed by atoms with Crippen LogP contribution >= 0.6 is 11.8 Å². The molecule has 1 atom stereocenters. The molecule has 2 rings (SSSR count). The number of hydrogen-bond acceptors (Lipinski definition) is 4. The maximum absolute atomic E-state index is 12.8. The van der Waals surface area contributed by atoms with Crippen molar-refractivity contribution in [1.29, 1.82) is 0 Å². The lowest BCUT2D eigenvalue weighted by Gasteiger charge is -2.16. The Morgan fingerprint density at radius 2 is 1.84 bits per heavy atom. The van der Waals surface area contributed by atoms with Crippen molar-refractivity contribution in [3.8, 4) is 0 Å². The third kappa shape index (κ3) is 5.74. The molecular weight excluding hydrogens is 351 g/mol. The number of carbonyl (C=O) groups excluding carboxylic acids is 1. The molecule has 8 heteroatoms. The summed E-state index contributed by atoms with van der Waals surface area (Å²) in [6.45, 7) is 5.33. The van der Waals surface area contributed by atoms with Gasteiger partial charge in [0.2, 0.25) is 5.91 Å². The number of halogens is 3. The second-order valence-corrected chi connectivity index (χ2v) is 6.58. The first-order valence-electron chi connectivity index (χ1n) is 7.57. The molecule has 0 bridgehead atoms. The summed E-state index contributed by atoms with van der Waals surface area (Å²) in [6.07, 6.45) is -4.41. The van der Waals surface area contributed by atoms with Crippen molar-refractivity contribution >= 4 is 17.7 Å². The highest BCUT2D eigenvalue weighted by Gasteiger charge is 2.30. The number of carbonyl (C=O) groups is 1. The van der Waals surface area contributed by atoms with E-state index in [4.69, 9.17) is 0 Å². The van der Waals surface area contributed by atoms with Crippen molar-refractivity contribution in [1.82, 2.24) is 15.3 Å². The quantitative estimate of drug-likeness (QED) is 0.637. The van der Waals surface area contributed by atoms with Gasteiger partial charge < -0.3 is 5.32 Å². The van der Waals surface area contributed by atoms with E-state index in [0.717, 1.165) is 23.5 Å². The highest BCUT2D eigenvalue weighted by Crippen LogP contribution is 2.30. The molecule has 0 aliphatic carbocycles. The summed E-state index contributed by atoms with van der Waals surface area (Å²) in [6, 6.07) is 6.24. The number of aryl methyl sites for hydroxylation is 2. The number of amides is 1. The van der Waals surface area contributed by atoms with Crippen LogP contribution in [0.25, 0.3) is 0 Å². The van der Waals surface area contributed by atoms with Gasteiger partial charge in [0.25, 0.3) is 0 Å². The van der Waals surface area contributed by atoms with Gasteiger partial charge in [-0.2, -0.15) is 13.2 Å². The normalized spacial score (nSPS) is 12.7. The SMILES string of the molecule is Cc1cc(C)nc(SCC(=O)NC(C)c2cccc(C(F)(F)F)c2)n1. The predicted octanol–water partition coefficient (Wildman–Crippen LogP) is 4.08. The van der Waals surface area contributed by atoms with Crippen LogP contribution in [0.1, 0.15) is 35.5 Å². The molecule has 0 radical (unpaired) electrons. The van der Waals surface area contributed by atoms with Crippen LogP contribution in [0.5, 0.6) is 0 Å². The Bertz CT molecular complexity index is 745. The Kier molecular flexibility index (Phi) is 6.05. The molecule has 2 aromatic rings. The first-order chi connectivity index (χ1) is 11.6. The summed E-state index contributed by atoms with van der Waals surface area (Å²) < 4.78 is 38.3. The minimum absolute atomic E-state index is 0.0895. The zero-order chi connectivity index (χ0) is 18.6. The first kappa shape index (κ1) is 19.2. The summed E-state index contributed by atoms with van der Waals surface area (Å²) in [7, 11) is 0. The second kappa shape index (κ2) is 7.86. The number of alkyl halides is 3. The van der Waals surface area contributed by atoms with Gasteiger partial charge in [0.1, 0.15) is 0 Å². The van der Waals surface area contributed by atoms with E-state index < -0.39 is 17.8 Å². The lowest BCUT2D eigenvalue weighted by molar-refractivity contribution is -0.137. The van der Waals surface area contributed by atoms with Gasteiger partial charge >= 0.3 is 6.18 Å². The van der Waals surface area contributed by atoms with E-state index in [9.17, 15) is 18.0 Å². The second-order valence-electron chi connectivity index (χ2n) is 5.63.